The molecule has 2 heteroatoms. The van der Waals surface area contributed by atoms with E-state index in [1.807, 2.05) is 20.1 Å². The molecule has 234 valence electrons. The molecule has 1 aliphatic rings. The van der Waals surface area contributed by atoms with Crippen molar-refractivity contribution in [3.05, 3.63) is 138 Å². The zero-order chi connectivity index (χ0) is 32.4. The van der Waals surface area contributed by atoms with Crippen molar-refractivity contribution in [1.82, 2.24) is 0 Å². The quantitative estimate of drug-likeness (QED) is 0.143. The number of hydrogen-bond donors (Lipinski definition) is 0. The van der Waals surface area contributed by atoms with Crippen molar-refractivity contribution >= 4 is 28.8 Å². The number of thioether (sulfide) groups is 1. The van der Waals surface area contributed by atoms with Crippen molar-refractivity contribution < 1.29 is 0 Å². The third-order valence-corrected chi connectivity index (χ3v) is 9.37. The first kappa shape index (κ1) is 33.2. The van der Waals surface area contributed by atoms with Crippen LogP contribution in [-0.4, -0.2) is 6.26 Å². The van der Waals surface area contributed by atoms with Crippen LogP contribution in [0, 0.1) is 11.2 Å². The van der Waals surface area contributed by atoms with E-state index in [2.05, 4.69) is 151 Å². The predicted octanol–water partition coefficient (Wildman–Crippen LogP) is 13.2. The zero-order valence-electron chi connectivity index (χ0n) is 28.1. The predicted molar refractivity (Wildman–Crippen MR) is 204 cm³/mol. The second kappa shape index (κ2) is 15.9. The Labute approximate surface area is 282 Å². The van der Waals surface area contributed by atoms with E-state index < -0.39 is 0 Å². The maximum absolute atomic E-state index is 3.38. The lowest BCUT2D eigenvalue weighted by Crippen LogP contribution is -2.25. The molecule has 0 bridgehead atoms. The molecule has 0 fully saturated rings. The van der Waals surface area contributed by atoms with Gasteiger partial charge in [0.1, 0.15) is 0 Å². The molecule has 0 atom stereocenters. The van der Waals surface area contributed by atoms with Crippen molar-refractivity contribution in [3.8, 4) is 33.4 Å². The van der Waals surface area contributed by atoms with Gasteiger partial charge < -0.3 is 4.90 Å². The molecule has 1 nitrogen and oxygen atoms in total. The van der Waals surface area contributed by atoms with Crippen LogP contribution in [-0.2, 0) is 5.41 Å². The first-order chi connectivity index (χ1) is 22.7. The summed E-state index contributed by atoms with van der Waals surface area (Å²) in [6, 6.07) is 44.5. The monoisotopic (exact) mass is 621 g/mol. The largest absolute Gasteiger partial charge is 0.311 e. The van der Waals surface area contributed by atoms with Crippen LogP contribution >= 0.6 is 11.8 Å². The summed E-state index contributed by atoms with van der Waals surface area (Å²) in [6.07, 6.45) is 9.23. The summed E-state index contributed by atoms with van der Waals surface area (Å²) >= 11 is 1.58. The Morgan fingerprint density at radius 2 is 1.09 bits per heavy atom. The number of para-hydroxylation sites is 2. The third-order valence-electron chi connectivity index (χ3n) is 9.06. The molecule has 0 heterocycles. The van der Waals surface area contributed by atoms with Gasteiger partial charge in [-0.3, -0.25) is 0 Å². The summed E-state index contributed by atoms with van der Waals surface area (Å²) < 4.78 is 0. The summed E-state index contributed by atoms with van der Waals surface area (Å²) in [5, 5.41) is 3.22. The summed E-state index contributed by atoms with van der Waals surface area (Å²) in [5.74, 6) is 3.38. The van der Waals surface area contributed by atoms with Gasteiger partial charge in [-0.15, -0.1) is 0 Å². The van der Waals surface area contributed by atoms with Crippen molar-refractivity contribution in [2.45, 2.75) is 71.6 Å². The van der Waals surface area contributed by atoms with Crippen molar-refractivity contribution in [2.24, 2.45) is 0 Å². The molecule has 0 unspecified atom stereocenters. The first-order valence-electron chi connectivity index (χ1n) is 17.0. The minimum absolute atomic E-state index is 0.0289. The number of rotatable bonds is 10. The average Bonchev–Trinajstić information content (AvgIpc) is 3.39. The molecule has 0 radical (unpaired) electrons. The Morgan fingerprint density at radius 1 is 0.587 bits per heavy atom. The maximum atomic E-state index is 3.38. The van der Waals surface area contributed by atoms with Gasteiger partial charge >= 0.3 is 0 Å². The number of benzene rings is 5. The summed E-state index contributed by atoms with van der Waals surface area (Å²) in [7, 11) is 0. The smallest absolute Gasteiger partial charge is 0.0462 e. The minimum atomic E-state index is 0.0289. The van der Waals surface area contributed by atoms with Crippen LogP contribution in [0.5, 0.6) is 0 Å². The molecule has 1 aliphatic carbocycles. The molecule has 46 heavy (non-hydrogen) atoms. The Hall–Kier alpha value is -4.19. The van der Waals surface area contributed by atoms with E-state index in [0.29, 0.717) is 0 Å². The molecule has 0 N–H and O–H groups in total. The number of fused-ring (bicyclic) bond motifs is 3. The van der Waals surface area contributed by atoms with Gasteiger partial charge in [0.25, 0.3) is 0 Å². The molecule has 5 aromatic carbocycles. The van der Waals surface area contributed by atoms with Crippen LogP contribution in [0.2, 0.25) is 0 Å². The van der Waals surface area contributed by atoms with Crippen molar-refractivity contribution in [3.63, 3.8) is 0 Å². The second-order valence-electron chi connectivity index (χ2n) is 11.8. The van der Waals surface area contributed by atoms with Gasteiger partial charge in [0.2, 0.25) is 0 Å². The van der Waals surface area contributed by atoms with E-state index in [4.69, 9.17) is 0 Å². The molecule has 0 aliphatic heterocycles. The van der Waals surface area contributed by atoms with Crippen molar-refractivity contribution in [1.29, 1.82) is 0 Å². The topological polar surface area (TPSA) is 3.24 Å². The number of unbranched alkanes of at least 4 members (excludes halogenated alkanes) is 2. The second-order valence-corrected chi connectivity index (χ2v) is 12.4. The van der Waals surface area contributed by atoms with E-state index >= 15 is 0 Å². The number of hydrogen-bond acceptors (Lipinski definition) is 2. The summed E-state index contributed by atoms with van der Waals surface area (Å²) in [6.45, 7) is 8.63. The van der Waals surface area contributed by atoms with E-state index in [0.717, 1.165) is 22.6 Å². The van der Waals surface area contributed by atoms with Crippen LogP contribution in [0.25, 0.3) is 22.3 Å². The highest BCUT2D eigenvalue weighted by atomic mass is 32.2. The normalized spacial score (nSPS) is 12.2. The van der Waals surface area contributed by atoms with Gasteiger partial charge in [0, 0.05) is 28.0 Å². The van der Waals surface area contributed by atoms with Crippen LogP contribution < -0.4 is 4.90 Å². The van der Waals surface area contributed by atoms with Gasteiger partial charge in [0.15, 0.2) is 0 Å². The highest BCUT2D eigenvalue weighted by Crippen LogP contribution is 2.55. The molecule has 0 saturated heterocycles. The molecule has 5 aromatic rings. The van der Waals surface area contributed by atoms with Gasteiger partial charge in [0.05, 0.1) is 0 Å². The Bertz CT molecular complexity index is 1710. The molecular formula is C44H47NS. The number of anilines is 3. The molecule has 0 aromatic heterocycles. The fourth-order valence-electron chi connectivity index (χ4n) is 6.89. The van der Waals surface area contributed by atoms with Crippen LogP contribution in [0.3, 0.4) is 0 Å². The average molecular weight is 622 g/mol. The highest BCUT2D eigenvalue weighted by Gasteiger charge is 2.42. The van der Waals surface area contributed by atoms with E-state index in [9.17, 15) is 0 Å². The van der Waals surface area contributed by atoms with Crippen LogP contribution in [0.15, 0.2) is 121 Å². The molecule has 0 spiro atoms. The standard InChI is InChI=1S/C42H41NS.C2H6/c1-4-6-27-42(28-7-5-2)40-30-32(26-29-44-3)18-24-38(40)39-25-21-34(31-41(39)42)33-19-22-37(23-20-33)43(35-14-10-8-11-15-35)36-16-12-9-13-17-36;1-2/h8-25,30-31H,4-7,27-28H2,1-3H3;1-2H3. The minimum Gasteiger partial charge on any atom is -0.311 e. The van der Waals surface area contributed by atoms with Gasteiger partial charge in [-0.25, -0.2) is 0 Å². The molecular weight excluding hydrogens is 575 g/mol. The highest BCUT2D eigenvalue weighted by molar-refractivity contribution is 8.03. The van der Waals surface area contributed by atoms with E-state index in [1.54, 1.807) is 11.8 Å². The van der Waals surface area contributed by atoms with E-state index in [-0.39, 0.29) is 5.41 Å². The lowest BCUT2D eigenvalue weighted by atomic mass is 9.70. The van der Waals surface area contributed by atoms with Crippen molar-refractivity contribution in [2.75, 3.05) is 11.2 Å². The van der Waals surface area contributed by atoms with Gasteiger partial charge in [-0.1, -0.05) is 138 Å². The SMILES string of the molecule is CC.CCCCC1(CCCC)c2cc(C#CSC)ccc2-c2ccc(-c3ccc(N(c4ccccc4)c4ccccc4)cc3)cc21. The lowest BCUT2D eigenvalue weighted by Gasteiger charge is -2.33. The van der Waals surface area contributed by atoms with Gasteiger partial charge in [-0.2, -0.15) is 0 Å². The Morgan fingerprint density at radius 3 is 1.63 bits per heavy atom. The first-order valence-corrected chi connectivity index (χ1v) is 18.2. The fourth-order valence-corrected chi connectivity index (χ4v) is 7.11. The zero-order valence-corrected chi connectivity index (χ0v) is 29.0. The molecule has 0 saturated carbocycles. The lowest BCUT2D eigenvalue weighted by molar-refractivity contribution is 0.414. The van der Waals surface area contributed by atoms with E-state index in [1.165, 1.54) is 71.9 Å². The fraction of sp³-hybridized carbons (Fsp3) is 0.273. The summed E-state index contributed by atoms with van der Waals surface area (Å²) in [4.78, 5) is 2.32. The maximum Gasteiger partial charge on any atom is 0.0462 e. The molecule has 0 amide bonds. The Balaban J connectivity index is 0.00000204. The Kier molecular flexibility index (Phi) is 11.5. The number of nitrogens with zero attached hydrogens (tertiary/aromatic N) is 1. The molecule has 6 rings (SSSR count). The van der Waals surface area contributed by atoms with Crippen LogP contribution in [0.1, 0.15) is 82.9 Å². The van der Waals surface area contributed by atoms with Gasteiger partial charge in [-0.05, 0) is 112 Å². The third kappa shape index (κ3) is 6.81. The summed E-state index contributed by atoms with van der Waals surface area (Å²) in [5.41, 5.74) is 12.9. The van der Waals surface area contributed by atoms with Crippen LogP contribution in [0.4, 0.5) is 17.1 Å².